The molecule has 9 nitrogen and oxygen atoms in total. The lowest BCUT2D eigenvalue weighted by Crippen LogP contribution is -2.54. The second kappa shape index (κ2) is 10.8. The van der Waals surface area contributed by atoms with Crippen molar-refractivity contribution in [3.8, 4) is 6.01 Å². The highest BCUT2D eigenvalue weighted by atomic mass is 16.5. The fourth-order valence-electron chi connectivity index (χ4n) is 7.17. The third-order valence-electron chi connectivity index (χ3n) is 9.41. The highest BCUT2D eigenvalue weighted by Crippen LogP contribution is 2.46. The van der Waals surface area contributed by atoms with Crippen LogP contribution in [0.5, 0.6) is 6.01 Å². The molecule has 2 fully saturated rings. The molecule has 1 N–H and O–H groups in total. The molecule has 2 unspecified atom stereocenters. The molecule has 1 aliphatic carbocycles. The molecule has 2 saturated heterocycles. The summed E-state index contributed by atoms with van der Waals surface area (Å²) in [5, 5.41) is 3.26. The molecule has 212 valence electrons. The first kappa shape index (κ1) is 26.7. The van der Waals surface area contributed by atoms with E-state index in [0.717, 1.165) is 43.5 Å². The number of carbonyl (C=O) groups excluding carboxylic acids is 2. The second-order valence-corrected chi connectivity index (χ2v) is 11.8. The van der Waals surface area contributed by atoms with Crippen LogP contribution < -0.4 is 15.0 Å². The molecular formula is C31H40N6O3. The number of hydrogen-bond acceptors (Lipinski definition) is 7. The van der Waals surface area contributed by atoms with Gasteiger partial charge in [0.15, 0.2) is 5.82 Å². The van der Waals surface area contributed by atoms with Gasteiger partial charge in [-0.05, 0) is 76.2 Å². The Labute approximate surface area is 236 Å². The molecule has 6 rings (SSSR count). The number of aryl methyl sites for hydroxylation is 1. The van der Waals surface area contributed by atoms with Crippen LogP contribution in [-0.2, 0) is 27.8 Å². The predicted molar refractivity (Wildman–Crippen MR) is 155 cm³/mol. The van der Waals surface area contributed by atoms with Crippen LogP contribution in [0.25, 0.3) is 0 Å². The van der Waals surface area contributed by atoms with Crippen LogP contribution in [0, 0.1) is 0 Å². The number of hydrogen-bond donors (Lipinski definition) is 1. The number of piperazine rings is 1. The fourth-order valence-corrected chi connectivity index (χ4v) is 7.17. The van der Waals surface area contributed by atoms with Crippen LogP contribution in [0.2, 0.25) is 0 Å². The van der Waals surface area contributed by atoms with Crippen molar-refractivity contribution in [1.82, 2.24) is 19.8 Å². The van der Waals surface area contributed by atoms with Gasteiger partial charge in [0.05, 0.1) is 17.7 Å². The standard InChI is InChI=1S/C31H40N6O3/c1-4-26(38)36-16-17-37(21(2)20-36)28-27-25(32-30(34-28)40-18-13-23-11-8-15-35(23)3)19-31(29(39)33-27)14-7-10-22-9-5-6-12-24(22)31/h4-6,9,12,21,23H,1,7-8,10-11,13-20H2,2-3H3,(H,33,39)/t21-,23?,31?/m0/s1. The summed E-state index contributed by atoms with van der Waals surface area (Å²) >= 11 is 0. The van der Waals surface area contributed by atoms with E-state index in [0.29, 0.717) is 56.2 Å². The summed E-state index contributed by atoms with van der Waals surface area (Å²) in [7, 11) is 2.17. The Bertz CT molecular complexity index is 1310. The molecular weight excluding hydrogens is 504 g/mol. The molecule has 1 aromatic heterocycles. The average molecular weight is 545 g/mol. The van der Waals surface area contributed by atoms with Gasteiger partial charge in [-0.25, -0.2) is 0 Å². The van der Waals surface area contributed by atoms with Gasteiger partial charge in [0.1, 0.15) is 5.69 Å². The van der Waals surface area contributed by atoms with Gasteiger partial charge in [-0.3, -0.25) is 9.59 Å². The lowest BCUT2D eigenvalue weighted by atomic mass is 9.65. The summed E-state index contributed by atoms with van der Waals surface area (Å²) in [5.41, 5.74) is 3.22. The molecule has 0 saturated carbocycles. The van der Waals surface area contributed by atoms with Crippen molar-refractivity contribution < 1.29 is 14.3 Å². The summed E-state index contributed by atoms with van der Waals surface area (Å²) in [4.78, 5) is 42.4. The SMILES string of the molecule is C=CC(=O)N1CCN(c2nc(OCCC3CCCN3C)nc3c2NC(=O)C2(CCCc4ccccc42)C3)[C@@H](C)C1. The number of ether oxygens (including phenoxy) is 1. The molecule has 0 radical (unpaired) electrons. The van der Waals surface area contributed by atoms with Crippen LogP contribution in [0.3, 0.4) is 0 Å². The van der Waals surface area contributed by atoms with Gasteiger partial charge < -0.3 is 24.8 Å². The Balaban J connectivity index is 1.34. The van der Waals surface area contributed by atoms with E-state index in [1.54, 1.807) is 0 Å². The van der Waals surface area contributed by atoms with E-state index in [1.165, 1.54) is 24.5 Å². The van der Waals surface area contributed by atoms with Crippen LogP contribution >= 0.6 is 0 Å². The largest absolute Gasteiger partial charge is 0.463 e. The van der Waals surface area contributed by atoms with E-state index in [2.05, 4.69) is 53.9 Å². The van der Waals surface area contributed by atoms with Crippen molar-refractivity contribution in [2.75, 3.05) is 50.1 Å². The molecule has 2 aromatic rings. The fraction of sp³-hybridized carbons (Fsp3) is 0.548. The van der Waals surface area contributed by atoms with Gasteiger partial charge in [0.2, 0.25) is 11.8 Å². The number of fused-ring (bicyclic) bond motifs is 3. The maximum Gasteiger partial charge on any atom is 0.318 e. The molecule has 0 bridgehead atoms. The number of likely N-dealkylation sites (tertiary alicyclic amines) is 1. The Morgan fingerprint density at radius 3 is 2.85 bits per heavy atom. The first-order valence-corrected chi connectivity index (χ1v) is 14.7. The number of carbonyl (C=O) groups is 2. The van der Waals surface area contributed by atoms with Gasteiger partial charge >= 0.3 is 6.01 Å². The van der Waals surface area contributed by atoms with Gasteiger partial charge in [-0.15, -0.1) is 0 Å². The normalized spacial score (nSPS) is 26.3. The smallest absolute Gasteiger partial charge is 0.318 e. The first-order valence-electron chi connectivity index (χ1n) is 14.7. The van der Waals surface area contributed by atoms with E-state index in [-0.39, 0.29) is 17.9 Å². The van der Waals surface area contributed by atoms with Gasteiger partial charge in [-0.2, -0.15) is 9.97 Å². The van der Waals surface area contributed by atoms with Gasteiger partial charge in [0, 0.05) is 38.1 Å². The molecule has 9 heteroatoms. The maximum atomic E-state index is 13.9. The molecule has 2 amide bonds. The number of anilines is 2. The van der Waals surface area contributed by atoms with E-state index < -0.39 is 5.41 Å². The Morgan fingerprint density at radius 1 is 1.23 bits per heavy atom. The van der Waals surface area contributed by atoms with Gasteiger partial charge in [0.25, 0.3) is 0 Å². The predicted octanol–water partition coefficient (Wildman–Crippen LogP) is 3.33. The number of amides is 2. The van der Waals surface area contributed by atoms with Crippen LogP contribution in [0.4, 0.5) is 11.5 Å². The summed E-state index contributed by atoms with van der Waals surface area (Å²) in [6.07, 6.45) is 7.97. The topological polar surface area (TPSA) is 90.9 Å². The minimum absolute atomic E-state index is 0.000154. The molecule has 4 heterocycles. The lowest BCUT2D eigenvalue weighted by Gasteiger charge is -2.44. The van der Waals surface area contributed by atoms with E-state index in [4.69, 9.17) is 14.7 Å². The van der Waals surface area contributed by atoms with Crippen molar-refractivity contribution in [1.29, 1.82) is 0 Å². The quantitative estimate of drug-likeness (QED) is 0.558. The number of aromatic nitrogens is 2. The molecule has 1 spiro atoms. The zero-order valence-electron chi connectivity index (χ0n) is 23.7. The van der Waals surface area contributed by atoms with E-state index in [1.807, 2.05) is 11.0 Å². The minimum atomic E-state index is -0.641. The molecule has 40 heavy (non-hydrogen) atoms. The third kappa shape index (κ3) is 4.74. The van der Waals surface area contributed by atoms with Crippen LogP contribution in [-0.4, -0.2) is 83.5 Å². The Hall–Kier alpha value is -3.46. The first-order chi connectivity index (χ1) is 19.4. The van der Waals surface area contributed by atoms with Crippen molar-refractivity contribution >= 4 is 23.3 Å². The molecule has 1 aromatic carbocycles. The van der Waals surface area contributed by atoms with E-state index in [9.17, 15) is 9.59 Å². The zero-order chi connectivity index (χ0) is 27.9. The van der Waals surface area contributed by atoms with Crippen molar-refractivity contribution in [3.63, 3.8) is 0 Å². The van der Waals surface area contributed by atoms with Crippen LogP contribution in [0.15, 0.2) is 36.9 Å². The van der Waals surface area contributed by atoms with Crippen LogP contribution in [0.1, 0.15) is 55.8 Å². The lowest BCUT2D eigenvalue weighted by molar-refractivity contribution is -0.126. The van der Waals surface area contributed by atoms with Crippen molar-refractivity contribution in [2.24, 2.45) is 0 Å². The monoisotopic (exact) mass is 544 g/mol. The van der Waals surface area contributed by atoms with E-state index >= 15 is 0 Å². The number of benzene rings is 1. The average Bonchev–Trinajstić information content (AvgIpc) is 3.37. The van der Waals surface area contributed by atoms with Crippen molar-refractivity contribution in [3.05, 3.63) is 53.7 Å². The summed E-state index contributed by atoms with van der Waals surface area (Å²) in [6, 6.07) is 9.22. The number of nitrogens with one attached hydrogen (secondary N) is 1. The summed E-state index contributed by atoms with van der Waals surface area (Å²) in [6.45, 7) is 9.11. The third-order valence-corrected chi connectivity index (χ3v) is 9.41. The Morgan fingerprint density at radius 2 is 2.08 bits per heavy atom. The second-order valence-electron chi connectivity index (χ2n) is 11.8. The molecule has 3 atom stereocenters. The summed E-state index contributed by atoms with van der Waals surface area (Å²) < 4.78 is 6.23. The van der Waals surface area contributed by atoms with Crippen molar-refractivity contribution in [2.45, 2.75) is 69.4 Å². The Kier molecular flexibility index (Phi) is 7.25. The molecule has 4 aliphatic rings. The molecule has 3 aliphatic heterocycles. The highest BCUT2D eigenvalue weighted by Gasteiger charge is 2.48. The summed E-state index contributed by atoms with van der Waals surface area (Å²) in [5.74, 6) is 0.634. The zero-order valence-corrected chi connectivity index (χ0v) is 23.7. The van der Waals surface area contributed by atoms with Gasteiger partial charge in [-0.1, -0.05) is 30.8 Å². The highest BCUT2D eigenvalue weighted by molar-refractivity contribution is 6.04. The minimum Gasteiger partial charge on any atom is -0.463 e. The number of nitrogens with zero attached hydrogens (tertiary/aromatic N) is 5. The maximum absolute atomic E-state index is 13.9. The number of rotatable bonds is 6.